The quantitative estimate of drug-likeness (QED) is 0.424. The monoisotopic (exact) mass is 536 g/mol. The second-order valence-electron chi connectivity index (χ2n) is 7.86. The van der Waals surface area contributed by atoms with Crippen LogP contribution < -0.4 is 10.6 Å². The lowest BCUT2D eigenvalue weighted by Crippen LogP contribution is -2.38. The zero-order chi connectivity index (χ0) is 21.5. The molecule has 1 saturated carbocycles. The van der Waals surface area contributed by atoms with Crippen molar-refractivity contribution < 1.29 is 14.7 Å². The molecule has 0 heterocycles. The first kappa shape index (κ1) is 22.8. The molecule has 30 heavy (non-hydrogen) atoms. The second-order valence-corrected chi connectivity index (χ2v) is 9.69. The highest BCUT2D eigenvalue weighted by atomic mass is 79.9. The van der Waals surface area contributed by atoms with Gasteiger partial charge in [-0.1, -0.05) is 62.2 Å². The van der Waals surface area contributed by atoms with E-state index in [1.54, 1.807) is 0 Å². The van der Waals surface area contributed by atoms with Gasteiger partial charge in [-0.2, -0.15) is 0 Å². The van der Waals surface area contributed by atoms with Gasteiger partial charge in [0.1, 0.15) is 0 Å². The number of carbonyl (C=O) groups is 2. The Balaban J connectivity index is 1.67. The first-order chi connectivity index (χ1) is 14.4. The number of hydrogen-bond acceptors (Lipinski definition) is 2. The molecule has 0 aliphatic heterocycles. The van der Waals surface area contributed by atoms with Crippen LogP contribution in [-0.4, -0.2) is 23.7 Å². The van der Waals surface area contributed by atoms with Crippen LogP contribution in [0.25, 0.3) is 0 Å². The zero-order valence-corrected chi connectivity index (χ0v) is 19.8. The summed E-state index contributed by atoms with van der Waals surface area (Å²) in [6, 6.07) is 16.1. The molecule has 5 nitrogen and oxygen atoms in total. The number of benzene rings is 2. The molecule has 2 amide bonds. The Labute approximate surface area is 193 Å². The Morgan fingerprint density at radius 2 is 1.63 bits per heavy atom. The maximum atomic E-state index is 13.1. The normalized spacial score (nSPS) is 19.7. The van der Waals surface area contributed by atoms with Gasteiger partial charge < -0.3 is 15.7 Å². The highest BCUT2D eigenvalue weighted by Gasteiger charge is 2.28. The number of hydrogen-bond donors (Lipinski definition) is 3. The van der Waals surface area contributed by atoms with Crippen molar-refractivity contribution in [3.05, 3.63) is 68.6 Å². The average Bonchev–Trinajstić information content (AvgIpc) is 2.72. The molecule has 3 rings (SSSR count). The standard InChI is InChI=1S/C23H26Br2N2O3/c24-19-11-18(12-20(25)13-19)21(10-15-4-2-1-3-5-15)27-22(28)17-8-6-16(7-9-17)14-26-23(29)30/h1-5,11-13,16-17,21,26H,6-10,14H2,(H,27,28)(H,29,30). The Kier molecular flexibility index (Phi) is 8.33. The van der Waals surface area contributed by atoms with Gasteiger partial charge in [0.25, 0.3) is 0 Å². The molecule has 0 spiro atoms. The average molecular weight is 538 g/mol. The minimum absolute atomic E-state index is 0.0278. The zero-order valence-electron chi connectivity index (χ0n) is 16.6. The SMILES string of the molecule is O=C(O)NCC1CCC(C(=O)NC(Cc2ccccc2)c2cc(Br)cc(Br)c2)CC1. The molecular weight excluding hydrogens is 512 g/mol. The number of halogens is 2. The van der Waals surface area contributed by atoms with Crippen LogP contribution in [0.1, 0.15) is 42.9 Å². The van der Waals surface area contributed by atoms with Crippen LogP contribution in [0.4, 0.5) is 4.79 Å². The van der Waals surface area contributed by atoms with Crippen molar-refractivity contribution in [2.75, 3.05) is 6.54 Å². The maximum absolute atomic E-state index is 13.1. The number of carboxylic acid groups (broad SMARTS) is 1. The smallest absolute Gasteiger partial charge is 0.404 e. The molecule has 0 bridgehead atoms. The highest BCUT2D eigenvalue weighted by molar-refractivity contribution is 9.11. The van der Waals surface area contributed by atoms with E-state index in [1.807, 2.05) is 36.4 Å². The minimum atomic E-state index is -0.987. The molecule has 160 valence electrons. The van der Waals surface area contributed by atoms with E-state index in [9.17, 15) is 9.59 Å². The van der Waals surface area contributed by atoms with Gasteiger partial charge in [-0.15, -0.1) is 0 Å². The second kappa shape index (κ2) is 11.0. The van der Waals surface area contributed by atoms with Crippen LogP contribution in [0.3, 0.4) is 0 Å². The number of nitrogens with one attached hydrogen (secondary N) is 2. The van der Waals surface area contributed by atoms with Crippen LogP contribution in [-0.2, 0) is 11.2 Å². The lowest BCUT2D eigenvalue weighted by molar-refractivity contribution is -0.127. The van der Waals surface area contributed by atoms with Crippen molar-refractivity contribution in [1.82, 2.24) is 10.6 Å². The summed E-state index contributed by atoms with van der Waals surface area (Å²) in [6.45, 7) is 0.465. The van der Waals surface area contributed by atoms with Crippen molar-refractivity contribution in [2.24, 2.45) is 11.8 Å². The Hall–Kier alpha value is -1.86. The number of carbonyl (C=O) groups excluding carboxylic acids is 1. The summed E-state index contributed by atoms with van der Waals surface area (Å²) in [7, 11) is 0. The molecule has 0 radical (unpaired) electrons. The third-order valence-electron chi connectivity index (χ3n) is 5.65. The van der Waals surface area contributed by atoms with E-state index in [2.05, 4.69) is 54.6 Å². The van der Waals surface area contributed by atoms with Crippen LogP contribution in [0.2, 0.25) is 0 Å². The largest absolute Gasteiger partial charge is 0.465 e. The van der Waals surface area contributed by atoms with Crippen molar-refractivity contribution in [1.29, 1.82) is 0 Å². The fourth-order valence-corrected chi connectivity index (χ4v) is 5.36. The van der Waals surface area contributed by atoms with E-state index in [-0.39, 0.29) is 17.9 Å². The van der Waals surface area contributed by atoms with E-state index >= 15 is 0 Å². The maximum Gasteiger partial charge on any atom is 0.404 e. The Morgan fingerprint density at radius 1 is 1.00 bits per heavy atom. The molecule has 2 aromatic carbocycles. The third kappa shape index (κ3) is 6.84. The predicted molar refractivity (Wildman–Crippen MR) is 124 cm³/mol. The Bertz CT molecular complexity index is 848. The molecule has 0 saturated heterocycles. The van der Waals surface area contributed by atoms with Gasteiger partial charge in [0.2, 0.25) is 5.91 Å². The van der Waals surface area contributed by atoms with Gasteiger partial charge in [0.15, 0.2) is 0 Å². The van der Waals surface area contributed by atoms with Crippen molar-refractivity contribution in [3.63, 3.8) is 0 Å². The molecule has 2 aromatic rings. The molecule has 1 fully saturated rings. The fourth-order valence-electron chi connectivity index (χ4n) is 4.03. The van der Waals surface area contributed by atoms with Crippen LogP contribution in [0.15, 0.2) is 57.5 Å². The lowest BCUT2D eigenvalue weighted by Gasteiger charge is -2.29. The van der Waals surface area contributed by atoms with Gasteiger partial charge >= 0.3 is 6.09 Å². The first-order valence-corrected chi connectivity index (χ1v) is 11.8. The summed E-state index contributed by atoms with van der Waals surface area (Å²) in [4.78, 5) is 23.8. The topological polar surface area (TPSA) is 78.4 Å². The van der Waals surface area contributed by atoms with Crippen molar-refractivity contribution in [3.8, 4) is 0 Å². The van der Waals surface area contributed by atoms with Crippen LogP contribution in [0, 0.1) is 11.8 Å². The molecule has 1 unspecified atom stereocenters. The van der Waals surface area contributed by atoms with E-state index < -0.39 is 6.09 Å². The molecular formula is C23H26Br2N2O3. The van der Waals surface area contributed by atoms with Gasteiger partial charge in [-0.3, -0.25) is 4.79 Å². The Morgan fingerprint density at radius 3 is 2.23 bits per heavy atom. The lowest BCUT2D eigenvalue weighted by atomic mass is 9.81. The minimum Gasteiger partial charge on any atom is -0.465 e. The van der Waals surface area contributed by atoms with Crippen LogP contribution >= 0.6 is 31.9 Å². The van der Waals surface area contributed by atoms with E-state index in [1.165, 1.54) is 5.56 Å². The van der Waals surface area contributed by atoms with E-state index in [4.69, 9.17) is 5.11 Å². The van der Waals surface area contributed by atoms with Crippen molar-refractivity contribution >= 4 is 43.9 Å². The molecule has 1 aliphatic carbocycles. The molecule has 7 heteroatoms. The van der Waals surface area contributed by atoms with Gasteiger partial charge in [0.05, 0.1) is 6.04 Å². The third-order valence-corrected chi connectivity index (χ3v) is 6.56. The summed E-state index contributed by atoms with van der Waals surface area (Å²) in [5, 5.41) is 14.5. The van der Waals surface area contributed by atoms with Gasteiger partial charge in [0, 0.05) is 21.4 Å². The fraction of sp³-hybridized carbons (Fsp3) is 0.391. The van der Waals surface area contributed by atoms with E-state index in [0.717, 1.165) is 40.2 Å². The predicted octanol–water partition coefficient (Wildman–Crippen LogP) is 5.69. The summed E-state index contributed by atoms with van der Waals surface area (Å²) < 4.78 is 1.93. The molecule has 3 N–H and O–H groups in total. The van der Waals surface area contributed by atoms with Gasteiger partial charge in [-0.05, 0) is 67.3 Å². The van der Waals surface area contributed by atoms with Gasteiger partial charge in [-0.25, -0.2) is 4.79 Å². The first-order valence-electron chi connectivity index (χ1n) is 10.2. The number of rotatable bonds is 7. The molecule has 1 aliphatic rings. The van der Waals surface area contributed by atoms with Crippen molar-refractivity contribution in [2.45, 2.75) is 38.1 Å². The summed E-state index contributed by atoms with van der Waals surface area (Å²) in [5.74, 6) is 0.364. The summed E-state index contributed by atoms with van der Waals surface area (Å²) >= 11 is 7.10. The molecule has 1 atom stereocenters. The van der Waals surface area contributed by atoms with E-state index in [0.29, 0.717) is 18.9 Å². The highest BCUT2D eigenvalue weighted by Crippen LogP contribution is 2.31. The molecule has 0 aromatic heterocycles. The van der Waals surface area contributed by atoms with Crippen LogP contribution in [0.5, 0.6) is 0 Å². The summed E-state index contributed by atoms with van der Waals surface area (Å²) in [6.07, 6.45) is 3.04. The number of amides is 2. The summed E-state index contributed by atoms with van der Waals surface area (Å²) in [5.41, 5.74) is 2.22.